The molecule has 0 N–H and O–H groups in total. The highest BCUT2D eigenvalue weighted by Gasteiger charge is 2.06. The van der Waals surface area contributed by atoms with Crippen LogP contribution < -0.4 is 0 Å². The van der Waals surface area contributed by atoms with Crippen molar-refractivity contribution in [3.63, 3.8) is 0 Å². The number of fused-ring (bicyclic) bond motifs is 3. The van der Waals surface area contributed by atoms with Crippen molar-refractivity contribution < 1.29 is 4.79 Å². The van der Waals surface area contributed by atoms with Crippen molar-refractivity contribution in [2.24, 2.45) is 0 Å². The summed E-state index contributed by atoms with van der Waals surface area (Å²) in [6.07, 6.45) is 3.39. The fourth-order valence-corrected chi connectivity index (χ4v) is 3.23. The molecule has 4 aromatic carbocycles. The van der Waals surface area contributed by atoms with Gasteiger partial charge in [0.2, 0.25) is 0 Å². The standard InChI is InChI=1S/C23H15ClO/c24-20-6-3-4-16(14-20)8-13-23(25)19-12-11-18-10-9-17-5-1-2-7-21(17)22(18)15-19/h1-15H/b13-8+. The van der Waals surface area contributed by atoms with E-state index < -0.39 is 0 Å². The summed E-state index contributed by atoms with van der Waals surface area (Å²) in [5.74, 6) is -0.0187. The van der Waals surface area contributed by atoms with Gasteiger partial charge in [-0.2, -0.15) is 0 Å². The molecule has 0 aromatic heterocycles. The van der Waals surface area contributed by atoms with Gasteiger partial charge in [0.05, 0.1) is 0 Å². The lowest BCUT2D eigenvalue weighted by molar-refractivity contribution is 0.104. The summed E-state index contributed by atoms with van der Waals surface area (Å²) in [7, 11) is 0. The maximum atomic E-state index is 12.6. The minimum absolute atomic E-state index is 0.0187. The average Bonchev–Trinajstić information content (AvgIpc) is 2.65. The number of benzene rings is 4. The van der Waals surface area contributed by atoms with Crippen molar-refractivity contribution in [1.82, 2.24) is 0 Å². The van der Waals surface area contributed by atoms with E-state index in [4.69, 9.17) is 11.6 Å². The fraction of sp³-hybridized carbons (Fsp3) is 0. The van der Waals surface area contributed by atoms with Gasteiger partial charge in [-0.1, -0.05) is 78.3 Å². The van der Waals surface area contributed by atoms with Crippen LogP contribution in [0.3, 0.4) is 0 Å². The first-order valence-electron chi connectivity index (χ1n) is 8.10. The highest BCUT2D eigenvalue weighted by Crippen LogP contribution is 2.26. The number of rotatable bonds is 3. The van der Waals surface area contributed by atoms with Crippen LogP contribution in [0.2, 0.25) is 5.02 Å². The third-order valence-electron chi connectivity index (χ3n) is 4.31. The molecule has 120 valence electrons. The van der Waals surface area contributed by atoms with Gasteiger partial charge in [-0.3, -0.25) is 4.79 Å². The normalized spacial score (nSPS) is 11.4. The van der Waals surface area contributed by atoms with Crippen LogP contribution in [-0.2, 0) is 0 Å². The Labute approximate surface area is 151 Å². The zero-order valence-electron chi connectivity index (χ0n) is 13.4. The second-order valence-corrected chi connectivity index (χ2v) is 6.41. The number of carbonyl (C=O) groups is 1. The van der Waals surface area contributed by atoms with Crippen LogP contribution in [0.15, 0.2) is 84.9 Å². The van der Waals surface area contributed by atoms with E-state index in [1.54, 1.807) is 12.2 Å². The van der Waals surface area contributed by atoms with E-state index in [2.05, 4.69) is 24.3 Å². The molecule has 0 saturated heterocycles. The van der Waals surface area contributed by atoms with Gasteiger partial charge >= 0.3 is 0 Å². The van der Waals surface area contributed by atoms with Crippen LogP contribution in [0.1, 0.15) is 15.9 Å². The van der Waals surface area contributed by atoms with E-state index in [0.29, 0.717) is 10.6 Å². The second kappa shape index (κ2) is 6.54. The van der Waals surface area contributed by atoms with Gasteiger partial charge in [-0.05, 0) is 51.4 Å². The SMILES string of the molecule is O=C(/C=C/c1cccc(Cl)c1)c1ccc2ccc3ccccc3c2c1. The van der Waals surface area contributed by atoms with E-state index >= 15 is 0 Å². The summed E-state index contributed by atoms with van der Waals surface area (Å²) in [6, 6.07) is 25.7. The van der Waals surface area contributed by atoms with Crippen molar-refractivity contribution in [3.8, 4) is 0 Å². The molecule has 4 rings (SSSR count). The predicted octanol–water partition coefficient (Wildman–Crippen LogP) is 6.54. The maximum absolute atomic E-state index is 12.6. The molecule has 4 aromatic rings. The molecule has 0 heterocycles. The first-order valence-corrected chi connectivity index (χ1v) is 8.48. The minimum atomic E-state index is -0.0187. The Hall–Kier alpha value is -2.90. The molecule has 0 aliphatic carbocycles. The zero-order chi connectivity index (χ0) is 17.2. The van der Waals surface area contributed by atoms with Gasteiger partial charge in [-0.15, -0.1) is 0 Å². The Bertz CT molecular complexity index is 1130. The summed E-state index contributed by atoms with van der Waals surface area (Å²) >= 11 is 5.98. The minimum Gasteiger partial charge on any atom is -0.289 e. The lowest BCUT2D eigenvalue weighted by atomic mass is 9.98. The van der Waals surface area contributed by atoms with Crippen molar-refractivity contribution in [2.75, 3.05) is 0 Å². The number of halogens is 1. The van der Waals surface area contributed by atoms with Crippen LogP contribution in [0.4, 0.5) is 0 Å². The summed E-state index contributed by atoms with van der Waals surface area (Å²) in [6.45, 7) is 0. The molecule has 0 radical (unpaired) electrons. The molecule has 2 heteroatoms. The maximum Gasteiger partial charge on any atom is 0.185 e. The molecule has 0 unspecified atom stereocenters. The van der Waals surface area contributed by atoms with Gasteiger partial charge in [-0.25, -0.2) is 0 Å². The summed E-state index contributed by atoms with van der Waals surface area (Å²) in [4.78, 5) is 12.6. The summed E-state index contributed by atoms with van der Waals surface area (Å²) in [5.41, 5.74) is 1.59. The number of carbonyl (C=O) groups excluding carboxylic acids is 1. The monoisotopic (exact) mass is 342 g/mol. The molecular formula is C23H15ClO. The molecule has 25 heavy (non-hydrogen) atoms. The van der Waals surface area contributed by atoms with Gasteiger partial charge in [0.25, 0.3) is 0 Å². The number of hydrogen-bond acceptors (Lipinski definition) is 1. The first-order chi connectivity index (χ1) is 12.2. The van der Waals surface area contributed by atoms with E-state index in [9.17, 15) is 4.79 Å². The molecule has 0 aliphatic heterocycles. The highest BCUT2D eigenvalue weighted by atomic mass is 35.5. The van der Waals surface area contributed by atoms with E-state index in [0.717, 1.165) is 21.7 Å². The van der Waals surface area contributed by atoms with Crippen LogP contribution in [0.25, 0.3) is 27.6 Å². The van der Waals surface area contributed by atoms with Gasteiger partial charge < -0.3 is 0 Å². The van der Waals surface area contributed by atoms with Crippen molar-refractivity contribution >= 4 is 45.0 Å². The molecule has 0 amide bonds. The molecule has 0 fully saturated rings. The predicted molar refractivity (Wildman–Crippen MR) is 106 cm³/mol. The molecule has 0 saturated carbocycles. The number of ketones is 1. The third kappa shape index (κ3) is 3.19. The van der Waals surface area contributed by atoms with Gasteiger partial charge in [0.1, 0.15) is 0 Å². The summed E-state index contributed by atoms with van der Waals surface area (Å²) < 4.78 is 0. The average molecular weight is 343 g/mol. The summed E-state index contributed by atoms with van der Waals surface area (Å²) in [5, 5.41) is 5.23. The van der Waals surface area contributed by atoms with E-state index in [1.807, 2.05) is 54.6 Å². The number of hydrogen-bond donors (Lipinski definition) is 0. The first kappa shape index (κ1) is 15.6. The Morgan fingerprint density at radius 2 is 1.52 bits per heavy atom. The van der Waals surface area contributed by atoms with Crippen molar-refractivity contribution in [1.29, 1.82) is 0 Å². The van der Waals surface area contributed by atoms with Crippen LogP contribution in [-0.4, -0.2) is 5.78 Å². The smallest absolute Gasteiger partial charge is 0.185 e. The molecule has 0 spiro atoms. The Balaban J connectivity index is 1.73. The zero-order valence-corrected chi connectivity index (χ0v) is 14.2. The van der Waals surface area contributed by atoms with Gasteiger partial charge in [0.15, 0.2) is 5.78 Å². The highest BCUT2D eigenvalue weighted by molar-refractivity contribution is 6.30. The van der Waals surface area contributed by atoms with E-state index in [1.165, 1.54) is 5.39 Å². The molecule has 0 bridgehead atoms. The molecule has 1 nitrogen and oxygen atoms in total. The Morgan fingerprint density at radius 3 is 2.36 bits per heavy atom. The lowest BCUT2D eigenvalue weighted by Crippen LogP contribution is -1.94. The van der Waals surface area contributed by atoms with Gasteiger partial charge in [0, 0.05) is 10.6 Å². The topological polar surface area (TPSA) is 17.1 Å². The van der Waals surface area contributed by atoms with Crippen LogP contribution >= 0.6 is 11.6 Å². The van der Waals surface area contributed by atoms with Crippen molar-refractivity contribution in [2.45, 2.75) is 0 Å². The molecular weight excluding hydrogens is 328 g/mol. The molecule has 0 aliphatic rings. The Morgan fingerprint density at radius 1 is 0.760 bits per heavy atom. The Kier molecular flexibility index (Phi) is 4.09. The van der Waals surface area contributed by atoms with Crippen LogP contribution in [0.5, 0.6) is 0 Å². The number of allylic oxidation sites excluding steroid dienone is 1. The quantitative estimate of drug-likeness (QED) is 0.234. The largest absolute Gasteiger partial charge is 0.289 e. The third-order valence-corrected chi connectivity index (χ3v) is 4.54. The van der Waals surface area contributed by atoms with Crippen LogP contribution in [0, 0.1) is 0 Å². The second-order valence-electron chi connectivity index (χ2n) is 5.98. The van der Waals surface area contributed by atoms with Crippen molar-refractivity contribution in [3.05, 3.63) is 101 Å². The van der Waals surface area contributed by atoms with E-state index in [-0.39, 0.29) is 5.78 Å². The fourth-order valence-electron chi connectivity index (χ4n) is 3.03. The lowest BCUT2D eigenvalue weighted by Gasteiger charge is -2.05. The molecule has 0 atom stereocenters.